The molecular weight excluding hydrogens is 196 g/mol. The highest BCUT2D eigenvalue weighted by Gasteiger charge is 2.10. The molecule has 3 heteroatoms. The summed E-state index contributed by atoms with van der Waals surface area (Å²) in [6.07, 6.45) is 0. The highest BCUT2D eigenvalue weighted by atomic mass is 32.1. The molecule has 0 fully saturated rings. The van der Waals surface area contributed by atoms with E-state index < -0.39 is 0 Å². The van der Waals surface area contributed by atoms with Crippen molar-refractivity contribution >= 4 is 21.4 Å². The SMILES string of the molecule is COc1ccc2cc(C)sc2c1OC. The van der Waals surface area contributed by atoms with Crippen LogP contribution in [0.25, 0.3) is 10.1 Å². The fourth-order valence-corrected chi connectivity index (χ4v) is 2.57. The first-order chi connectivity index (χ1) is 6.76. The van der Waals surface area contributed by atoms with Gasteiger partial charge in [0.1, 0.15) is 0 Å². The Kier molecular flexibility index (Phi) is 2.33. The minimum atomic E-state index is 0.793. The quantitative estimate of drug-likeness (QED) is 0.754. The van der Waals surface area contributed by atoms with Crippen LogP contribution in [0.15, 0.2) is 18.2 Å². The average molecular weight is 208 g/mol. The zero-order valence-electron chi connectivity index (χ0n) is 8.46. The maximum absolute atomic E-state index is 5.35. The van der Waals surface area contributed by atoms with Gasteiger partial charge >= 0.3 is 0 Å². The van der Waals surface area contributed by atoms with E-state index in [4.69, 9.17) is 9.47 Å². The molecule has 14 heavy (non-hydrogen) atoms. The molecule has 0 saturated heterocycles. The van der Waals surface area contributed by atoms with E-state index in [9.17, 15) is 0 Å². The molecule has 0 radical (unpaired) electrons. The van der Waals surface area contributed by atoms with Crippen molar-refractivity contribution in [2.75, 3.05) is 14.2 Å². The Bertz CT molecular complexity index is 460. The Morgan fingerprint density at radius 3 is 2.57 bits per heavy atom. The maximum Gasteiger partial charge on any atom is 0.178 e. The molecule has 74 valence electrons. The second kappa shape index (κ2) is 3.50. The molecule has 1 aromatic carbocycles. The van der Waals surface area contributed by atoms with Crippen molar-refractivity contribution in [2.45, 2.75) is 6.92 Å². The van der Waals surface area contributed by atoms with Crippen LogP contribution in [0.5, 0.6) is 11.5 Å². The number of thiophene rings is 1. The van der Waals surface area contributed by atoms with Crippen LogP contribution in [-0.4, -0.2) is 14.2 Å². The van der Waals surface area contributed by atoms with E-state index in [1.54, 1.807) is 25.6 Å². The standard InChI is InChI=1S/C11H12O2S/c1-7-6-8-4-5-9(12-2)10(13-3)11(8)14-7/h4-6H,1-3H3. The average Bonchev–Trinajstić information content (AvgIpc) is 2.56. The number of hydrogen-bond acceptors (Lipinski definition) is 3. The summed E-state index contributed by atoms with van der Waals surface area (Å²) in [6, 6.07) is 6.15. The summed E-state index contributed by atoms with van der Waals surface area (Å²) in [4.78, 5) is 1.28. The van der Waals surface area contributed by atoms with Gasteiger partial charge in [0.2, 0.25) is 0 Å². The number of ether oxygens (including phenoxy) is 2. The summed E-state index contributed by atoms with van der Waals surface area (Å²) in [7, 11) is 3.33. The lowest BCUT2D eigenvalue weighted by Gasteiger charge is -2.07. The van der Waals surface area contributed by atoms with Crippen molar-refractivity contribution in [3.63, 3.8) is 0 Å². The topological polar surface area (TPSA) is 18.5 Å². The van der Waals surface area contributed by atoms with Gasteiger partial charge in [-0.25, -0.2) is 0 Å². The van der Waals surface area contributed by atoms with Crippen LogP contribution in [0.3, 0.4) is 0 Å². The van der Waals surface area contributed by atoms with E-state index in [2.05, 4.69) is 19.1 Å². The predicted molar refractivity (Wildman–Crippen MR) is 59.7 cm³/mol. The van der Waals surface area contributed by atoms with Gasteiger partial charge in [-0.05, 0) is 30.5 Å². The smallest absolute Gasteiger partial charge is 0.178 e. The molecule has 2 rings (SSSR count). The lowest BCUT2D eigenvalue weighted by Crippen LogP contribution is -1.89. The van der Waals surface area contributed by atoms with Crippen LogP contribution >= 0.6 is 11.3 Å². The molecule has 0 unspecified atom stereocenters. The number of fused-ring (bicyclic) bond motifs is 1. The van der Waals surface area contributed by atoms with Gasteiger partial charge < -0.3 is 9.47 Å². The molecule has 1 aromatic heterocycles. The van der Waals surface area contributed by atoms with Gasteiger partial charge in [0.05, 0.1) is 18.9 Å². The highest BCUT2D eigenvalue weighted by molar-refractivity contribution is 7.19. The maximum atomic E-state index is 5.35. The molecule has 0 saturated carbocycles. The molecule has 0 aliphatic heterocycles. The van der Waals surface area contributed by atoms with Gasteiger partial charge in [-0.1, -0.05) is 0 Å². The predicted octanol–water partition coefficient (Wildman–Crippen LogP) is 3.23. The molecule has 0 bridgehead atoms. The summed E-state index contributed by atoms with van der Waals surface area (Å²) in [5.41, 5.74) is 0. The summed E-state index contributed by atoms with van der Waals surface area (Å²) in [5, 5.41) is 1.21. The Labute approximate surface area is 87.1 Å². The van der Waals surface area contributed by atoms with E-state index in [1.807, 2.05) is 6.07 Å². The Morgan fingerprint density at radius 1 is 1.14 bits per heavy atom. The Morgan fingerprint density at radius 2 is 1.93 bits per heavy atom. The van der Waals surface area contributed by atoms with Crippen LogP contribution in [0, 0.1) is 6.92 Å². The van der Waals surface area contributed by atoms with Crippen molar-refractivity contribution in [2.24, 2.45) is 0 Å². The number of benzene rings is 1. The fraction of sp³-hybridized carbons (Fsp3) is 0.273. The first kappa shape index (κ1) is 9.34. The third-order valence-corrected chi connectivity index (χ3v) is 3.22. The van der Waals surface area contributed by atoms with E-state index in [-0.39, 0.29) is 0 Å². The Hall–Kier alpha value is -1.22. The number of methoxy groups -OCH3 is 2. The number of hydrogen-bond donors (Lipinski definition) is 0. The molecule has 2 nitrogen and oxygen atoms in total. The van der Waals surface area contributed by atoms with E-state index in [0.29, 0.717) is 0 Å². The summed E-state index contributed by atoms with van der Waals surface area (Å²) >= 11 is 1.73. The van der Waals surface area contributed by atoms with Crippen molar-refractivity contribution in [1.82, 2.24) is 0 Å². The third-order valence-electron chi connectivity index (χ3n) is 2.15. The van der Waals surface area contributed by atoms with Crippen LogP contribution in [0.4, 0.5) is 0 Å². The van der Waals surface area contributed by atoms with Crippen molar-refractivity contribution in [1.29, 1.82) is 0 Å². The van der Waals surface area contributed by atoms with Crippen LogP contribution in [-0.2, 0) is 0 Å². The molecule has 1 heterocycles. The highest BCUT2D eigenvalue weighted by Crippen LogP contribution is 2.39. The van der Waals surface area contributed by atoms with Gasteiger partial charge in [-0.2, -0.15) is 0 Å². The van der Waals surface area contributed by atoms with Gasteiger partial charge in [0, 0.05) is 4.88 Å². The lowest BCUT2D eigenvalue weighted by molar-refractivity contribution is 0.359. The second-order valence-corrected chi connectivity index (χ2v) is 4.33. The van der Waals surface area contributed by atoms with Crippen LogP contribution in [0.1, 0.15) is 4.88 Å². The van der Waals surface area contributed by atoms with Crippen LogP contribution in [0.2, 0.25) is 0 Å². The van der Waals surface area contributed by atoms with E-state index >= 15 is 0 Å². The largest absolute Gasteiger partial charge is 0.493 e. The first-order valence-corrected chi connectivity index (χ1v) is 5.19. The molecule has 0 atom stereocenters. The van der Waals surface area contributed by atoms with Crippen molar-refractivity contribution in [3.05, 3.63) is 23.1 Å². The van der Waals surface area contributed by atoms with E-state index in [0.717, 1.165) is 16.2 Å². The van der Waals surface area contributed by atoms with E-state index in [1.165, 1.54) is 10.3 Å². The van der Waals surface area contributed by atoms with Crippen LogP contribution < -0.4 is 9.47 Å². The number of rotatable bonds is 2. The number of aryl methyl sites for hydroxylation is 1. The zero-order valence-corrected chi connectivity index (χ0v) is 9.27. The van der Waals surface area contributed by atoms with Crippen molar-refractivity contribution in [3.8, 4) is 11.5 Å². The normalized spacial score (nSPS) is 10.5. The molecular formula is C11H12O2S. The summed E-state index contributed by atoms with van der Waals surface area (Å²) in [5.74, 6) is 1.63. The zero-order chi connectivity index (χ0) is 10.1. The molecule has 0 amide bonds. The van der Waals surface area contributed by atoms with Gasteiger partial charge in [-0.15, -0.1) is 11.3 Å². The minimum absolute atomic E-state index is 0.793. The van der Waals surface area contributed by atoms with Crippen molar-refractivity contribution < 1.29 is 9.47 Å². The van der Waals surface area contributed by atoms with Gasteiger partial charge in [-0.3, -0.25) is 0 Å². The molecule has 0 spiro atoms. The molecule has 0 aliphatic carbocycles. The minimum Gasteiger partial charge on any atom is -0.493 e. The molecule has 0 aliphatic rings. The van der Waals surface area contributed by atoms with Gasteiger partial charge in [0.15, 0.2) is 11.5 Å². The second-order valence-electron chi connectivity index (χ2n) is 3.08. The first-order valence-electron chi connectivity index (χ1n) is 4.37. The monoisotopic (exact) mass is 208 g/mol. The van der Waals surface area contributed by atoms with Gasteiger partial charge in [0.25, 0.3) is 0 Å². The summed E-state index contributed by atoms with van der Waals surface area (Å²) in [6.45, 7) is 2.09. The Balaban J connectivity index is 2.75. The third kappa shape index (κ3) is 1.34. The lowest BCUT2D eigenvalue weighted by atomic mass is 10.2. The molecule has 2 aromatic rings. The summed E-state index contributed by atoms with van der Waals surface area (Å²) < 4.78 is 11.7. The molecule has 0 N–H and O–H groups in total. The fourth-order valence-electron chi connectivity index (χ4n) is 1.54.